The Hall–Kier alpha value is -1.08. The summed E-state index contributed by atoms with van der Waals surface area (Å²) in [5, 5.41) is 7.99. The van der Waals surface area contributed by atoms with Crippen molar-refractivity contribution in [2.75, 3.05) is 12.4 Å². The van der Waals surface area contributed by atoms with Crippen LogP contribution in [0, 0.1) is 23.7 Å². The van der Waals surface area contributed by atoms with E-state index < -0.39 is 15.8 Å². The van der Waals surface area contributed by atoms with Crippen LogP contribution in [0.5, 0.6) is 0 Å². The van der Waals surface area contributed by atoms with Crippen LogP contribution in [0.15, 0.2) is 0 Å². The maximum Gasteiger partial charge on any atom is 0.246 e. The van der Waals surface area contributed by atoms with E-state index in [4.69, 9.17) is 11.7 Å². The number of terminal acetylenes is 1. The van der Waals surface area contributed by atoms with Gasteiger partial charge in [-0.3, -0.25) is 4.84 Å². The zero-order valence-electron chi connectivity index (χ0n) is 5.57. The minimum atomic E-state index is -3.63. The molecule has 0 rings (SSSR count). The van der Waals surface area contributed by atoms with Crippen LogP contribution < -0.4 is 4.89 Å². The third-order valence-electron chi connectivity index (χ3n) is 0.596. The van der Waals surface area contributed by atoms with Crippen LogP contribution in [-0.2, 0) is 14.9 Å². The smallest absolute Gasteiger partial charge is 0.246 e. The molecule has 0 saturated heterocycles. The number of nitriles is 1. The predicted octanol–water partition coefficient (Wildman–Crippen LogP) is -1.01. The summed E-state index contributed by atoms with van der Waals surface area (Å²) in [5.74, 6) is 1.41. The molecule has 0 fully saturated rings. The van der Waals surface area contributed by atoms with Crippen LogP contribution >= 0.6 is 0 Å². The molecule has 0 aromatic heterocycles. The quantitative estimate of drug-likeness (QED) is 0.336. The molecule has 0 bridgehead atoms. The third-order valence-corrected chi connectivity index (χ3v) is 1.48. The Balaban J connectivity index is 3.79. The van der Waals surface area contributed by atoms with Crippen molar-refractivity contribution in [3.63, 3.8) is 0 Å². The largest absolute Gasteiger partial charge is 0.274 e. The van der Waals surface area contributed by atoms with E-state index in [9.17, 15) is 8.42 Å². The third kappa shape index (κ3) is 5.37. The fraction of sp³-hybridized carbons (Fsp3) is 0.400. The summed E-state index contributed by atoms with van der Waals surface area (Å²) in [6.45, 7) is -0.162. The summed E-state index contributed by atoms with van der Waals surface area (Å²) in [5.41, 5.74) is 0. The van der Waals surface area contributed by atoms with E-state index in [1.165, 1.54) is 6.07 Å². The zero-order valence-corrected chi connectivity index (χ0v) is 6.39. The standard InChI is InChI=1S/C5H6N2O3S/c1-2-4-10-7-11(8,9)5-3-6/h1,7H,4-5H2. The summed E-state index contributed by atoms with van der Waals surface area (Å²) in [4.78, 5) is 5.94. The molecule has 0 saturated carbocycles. The van der Waals surface area contributed by atoms with Crippen molar-refractivity contribution in [1.82, 2.24) is 4.89 Å². The molecule has 60 valence electrons. The van der Waals surface area contributed by atoms with Crippen LogP contribution in [-0.4, -0.2) is 20.8 Å². The van der Waals surface area contributed by atoms with Crippen molar-refractivity contribution in [3.05, 3.63) is 0 Å². The second kappa shape index (κ2) is 4.69. The topological polar surface area (TPSA) is 79.2 Å². The van der Waals surface area contributed by atoms with Crippen molar-refractivity contribution < 1.29 is 13.3 Å². The lowest BCUT2D eigenvalue weighted by Gasteiger charge is -1.99. The van der Waals surface area contributed by atoms with Gasteiger partial charge < -0.3 is 0 Å². The van der Waals surface area contributed by atoms with Gasteiger partial charge in [-0.2, -0.15) is 5.26 Å². The average molecular weight is 174 g/mol. The second-order valence-corrected chi connectivity index (χ2v) is 3.18. The highest BCUT2D eigenvalue weighted by Gasteiger charge is 2.07. The van der Waals surface area contributed by atoms with Gasteiger partial charge in [0.1, 0.15) is 6.61 Å². The summed E-state index contributed by atoms with van der Waals surface area (Å²) in [6.07, 6.45) is 4.76. The van der Waals surface area contributed by atoms with Crippen molar-refractivity contribution >= 4 is 10.0 Å². The van der Waals surface area contributed by atoms with Crippen LogP contribution in [0.4, 0.5) is 0 Å². The molecule has 1 N–H and O–H groups in total. The van der Waals surface area contributed by atoms with Gasteiger partial charge in [0, 0.05) is 0 Å². The van der Waals surface area contributed by atoms with Gasteiger partial charge >= 0.3 is 0 Å². The van der Waals surface area contributed by atoms with E-state index >= 15 is 0 Å². The number of nitrogens with zero attached hydrogens (tertiary/aromatic N) is 1. The maximum absolute atomic E-state index is 10.6. The highest BCUT2D eigenvalue weighted by molar-refractivity contribution is 7.89. The molecule has 0 aliphatic heterocycles. The fourth-order valence-electron chi connectivity index (χ4n) is 0.275. The first-order valence-electron chi connectivity index (χ1n) is 2.54. The number of nitrogens with one attached hydrogen (secondary N) is 1. The fourth-order valence-corrected chi connectivity index (χ4v) is 0.743. The van der Waals surface area contributed by atoms with Crippen molar-refractivity contribution in [2.24, 2.45) is 0 Å². The van der Waals surface area contributed by atoms with Gasteiger partial charge in [-0.1, -0.05) is 10.8 Å². The van der Waals surface area contributed by atoms with Crippen LogP contribution in [0.25, 0.3) is 0 Å². The van der Waals surface area contributed by atoms with Gasteiger partial charge in [0.25, 0.3) is 0 Å². The van der Waals surface area contributed by atoms with Crippen LogP contribution in [0.3, 0.4) is 0 Å². The number of rotatable bonds is 4. The van der Waals surface area contributed by atoms with E-state index in [0.29, 0.717) is 0 Å². The molecule has 0 unspecified atom stereocenters. The molecule has 0 aromatic carbocycles. The Bertz CT molecular complexity index is 282. The maximum atomic E-state index is 10.6. The Morgan fingerprint density at radius 2 is 2.27 bits per heavy atom. The molecule has 6 heteroatoms. The Morgan fingerprint density at radius 1 is 1.64 bits per heavy atom. The minimum Gasteiger partial charge on any atom is -0.274 e. The lowest BCUT2D eigenvalue weighted by Crippen LogP contribution is -2.26. The highest BCUT2D eigenvalue weighted by Crippen LogP contribution is 1.81. The number of hydrogen-bond donors (Lipinski definition) is 1. The van der Waals surface area contributed by atoms with E-state index in [1.807, 2.05) is 0 Å². The molecule has 0 aromatic rings. The van der Waals surface area contributed by atoms with E-state index in [2.05, 4.69) is 10.8 Å². The molecule has 0 amide bonds. The van der Waals surface area contributed by atoms with Crippen molar-refractivity contribution in [1.29, 1.82) is 5.26 Å². The summed E-state index contributed by atoms with van der Waals surface area (Å²) >= 11 is 0. The van der Waals surface area contributed by atoms with Crippen LogP contribution in [0.1, 0.15) is 0 Å². The average Bonchev–Trinajstić information content (AvgIpc) is 1.87. The van der Waals surface area contributed by atoms with E-state index in [1.54, 1.807) is 4.89 Å². The molecule has 0 aliphatic rings. The lowest BCUT2D eigenvalue weighted by atomic mass is 10.8. The zero-order chi connectivity index (χ0) is 8.74. The van der Waals surface area contributed by atoms with Gasteiger partial charge in [0.05, 0.1) is 6.07 Å². The lowest BCUT2D eigenvalue weighted by molar-refractivity contribution is 0.124. The molecule has 0 radical (unpaired) electrons. The number of sulfonamides is 1. The number of hydrogen-bond acceptors (Lipinski definition) is 4. The van der Waals surface area contributed by atoms with Gasteiger partial charge in [0.15, 0.2) is 5.75 Å². The van der Waals surface area contributed by atoms with Gasteiger partial charge in [-0.25, -0.2) is 8.42 Å². The first-order chi connectivity index (χ1) is 5.12. The monoisotopic (exact) mass is 174 g/mol. The van der Waals surface area contributed by atoms with Crippen molar-refractivity contribution in [3.8, 4) is 18.4 Å². The Morgan fingerprint density at radius 3 is 2.73 bits per heavy atom. The molecule has 0 aliphatic carbocycles. The molecule has 5 nitrogen and oxygen atoms in total. The molecule has 0 atom stereocenters. The van der Waals surface area contributed by atoms with Crippen LogP contribution in [0.2, 0.25) is 0 Å². The molecule has 0 spiro atoms. The summed E-state index contributed by atoms with van der Waals surface area (Å²) in [6, 6.07) is 1.45. The Labute approximate surface area is 65.0 Å². The summed E-state index contributed by atoms with van der Waals surface area (Å²) < 4.78 is 21.2. The van der Waals surface area contributed by atoms with E-state index in [-0.39, 0.29) is 6.61 Å². The predicted molar refractivity (Wildman–Crippen MR) is 37.3 cm³/mol. The minimum absolute atomic E-state index is 0.162. The first-order valence-corrected chi connectivity index (χ1v) is 4.19. The second-order valence-electron chi connectivity index (χ2n) is 1.49. The molecule has 0 heterocycles. The van der Waals surface area contributed by atoms with Crippen molar-refractivity contribution in [2.45, 2.75) is 0 Å². The Kier molecular flexibility index (Phi) is 4.23. The van der Waals surface area contributed by atoms with Gasteiger partial charge in [-0.15, -0.1) is 6.42 Å². The molecular formula is C5H6N2O3S. The molecule has 11 heavy (non-hydrogen) atoms. The molecular weight excluding hydrogens is 168 g/mol. The normalized spacial score (nSPS) is 10.0. The summed E-state index contributed by atoms with van der Waals surface area (Å²) in [7, 11) is -3.63. The first kappa shape index (κ1) is 9.92. The van der Waals surface area contributed by atoms with Gasteiger partial charge in [-0.05, 0) is 0 Å². The van der Waals surface area contributed by atoms with Gasteiger partial charge in [0.2, 0.25) is 10.0 Å². The highest BCUT2D eigenvalue weighted by atomic mass is 32.2. The SMILES string of the molecule is C#CCONS(=O)(=O)CC#N. The van der Waals surface area contributed by atoms with E-state index in [0.717, 1.165) is 0 Å².